The minimum absolute atomic E-state index is 0.189. The first kappa shape index (κ1) is 14.6. The lowest BCUT2D eigenvalue weighted by atomic mass is 9.96. The van der Waals surface area contributed by atoms with Crippen molar-refractivity contribution < 1.29 is 13.2 Å². The Kier molecular flexibility index (Phi) is 4.65. The van der Waals surface area contributed by atoms with Gasteiger partial charge in [0.25, 0.3) is 0 Å². The molecule has 1 saturated heterocycles. The van der Waals surface area contributed by atoms with E-state index in [-0.39, 0.29) is 5.95 Å². The average Bonchev–Trinajstić information content (AvgIpc) is 2.39. The molecule has 0 N–H and O–H groups in total. The van der Waals surface area contributed by atoms with Gasteiger partial charge in [0.05, 0.1) is 0 Å². The highest BCUT2D eigenvalue weighted by Crippen LogP contribution is 2.29. The highest BCUT2D eigenvalue weighted by atomic mass is 79.9. The molecule has 0 aromatic carbocycles. The highest BCUT2D eigenvalue weighted by molar-refractivity contribution is 9.09. The number of rotatable bonds is 3. The van der Waals surface area contributed by atoms with Crippen LogP contribution in [0.5, 0.6) is 0 Å². The van der Waals surface area contributed by atoms with Gasteiger partial charge in [-0.25, -0.2) is 9.97 Å². The summed E-state index contributed by atoms with van der Waals surface area (Å²) < 4.78 is 37.9. The second-order valence-corrected chi connectivity index (χ2v) is 5.46. The molecule has 7 heteroatoms. The third kappa shape index (κ3) is 3.81. The molecule has 1 unspecified atom stereocenters. The molecule has 19 heavy (non-hydrogen) atoms. The Hall–Kier alpha value is -0.850. The first-order valence-corrected chi connectivity index (χ1v) is 7.34. The molecule has 0 aliphatic carbocycles. The maximum atomic E-state index is 12.6. The Morgan fingerprint density at radius 2 is 2.21 bits per heavy atom. The molecule has 1 aromatic heterocycles. The molecule has 3 nitrogen and oxygen atoms in total. The fraction of sp³-hybridized carbons (Fsp3) is 0.667. The smallest absolute Gasteiger partial charge is 0.341 e. The van der Waals surface area contributed by atoms with Crippen LogP contribution in [0.1, 0.15) is 25.0 Å². The van der Waals surface area contributed by atoms with E-state index in [0.717, 1.165) is 43.7 Å². The van der Waals surface area contributed by atoms with E-state index < -0.39 is 11.9 Å². The lowest BCUT2D eigenvalue weighted by Crippen LogP contribution is -2.37. The lowest BCUT2D eigenvalue weighted by molar-refractivity contribution is -0.141. The lowest BCUT2D eigenvalue weighted by Gasteiger charge is -2.32. The standard InChI is InChI=1S/C12H15BrF3N3/c13-5-3-9-2-1-7-19(8-9)11-17-6-4-10(18-11)12(14,15)16/h4,6,9H,1-3,5,7-8H2. The Morgan fingerprint density at radius 3 is 2.89 bits per heavy atom. The summed E-state index contributed by atoms with van der Waals surface area (Å²) in [5.74, 6) is 0.681. The van der Waals surface area contributed by atoms with Crippen molar-refractivity contribution in [2.24, 2.45) is 5.92 Å². The van der Waals surface area contributed by atoms with Crippen molar-refractivity contribution in [2.75, 3.05) is 23.3 Å². The molecule has 0 radical (unpaired) electrons. The summed E-state index contributed by atoms with van der Waals surface area (Å²) >= 11 is 3.40. The van der Waals surface area contributed by atoms with Gasteiger partial charge in [0, 0.05) is 24.6 Å². The Balaban J connectivity index is 2.13. The number of piperidine rings is 1. The third-order valence-electron chi connectivity index (χ3n) is 3.25. The second-order valence-electron chi connectivity index (χ2n) is 4.67. The van der Waals surface area contributed by atoms with Gasteiger partial charge in [-0.15, -0.1) is 0 Å². The molecule has 1 aliphatic heterocycles. The maximum Gasteiger partial charge on any atom is 0.433 e. The van der Waals surface area contributed by atoms with Crippen LogP contribution < -0.4 is 4.90 Å². The number of aromatic nitrogens is 2. The molecule has 0 amide bonds. The van der Waals surface area contributed by atoms with E-state index in [9.17, 15) is 13.2 Å². The molecule has 0 bridgehead atoms. The van der Waals surface area contributed by atoms with Gasteiger partial charge in [-0.05, 0) is 31.2 Å². The molecule has 0 spiro atoms. The predicted molar refractivity (Wildman–Crippen MR) is 70.4 cm³/mol. The van der Waals surface area contributed by atoms with Gasteiger partial charge >= 0.3 is 6.18 Å². The summed E-state index contributed by atoms with van der Waals surface area (Å²) in [7, 11) is 0. The van der Waals surface area contributed by atoms with Gasteiger partial charge in [0.2, 0.25) is 5.95 Å². The molecular weight excluding hydrogens is 323 g/mol. The minimum Gasteiger partial charge on any atom is -0.341 e. The topological polar surface area (TPSA) is 29.0 Å². The second kappa shape index (κ2) is 6.07. The molecule has 1 aromatic rings. The molecule has 0 saturated carbocycles. The third-order valence-corrected chi connectivity index (χ3v) is 3.71. The van der Waals surface area contributed by atoms with E-state index in [1.807, 2.05) is 4.90 Å². The molecule has 1 atom stereocenters. The van der Waals surface area contributed by atoms with Crippen molar-refractivity contribution in [3.8, 4) is 0 Å². The van der Waals surface area contributed by atoms with Crippen molar-refractivity contribution in [3.05, 3.63) is 18.0 Å². The summed E-state index contributed by atoms with van der Waals surface area (Å²) in [5, 5.41) is 0.912. The molecule has 2 heterocycles. The van der Waals surface area contributed by atoms with Crippen molar-refractivity contribution in [3.63, 3.8) is 0 Å². The predicted octanol–water partition coefficient (Wildman–Crippen LogP) is 3.50. The summed E-state index contributed by atoms with van der Waals surface area (Å²) in [6.45, 7) is 1.45. The summed E-state index contributed by atoms with van der Waals surface area (Å²) in [5.41, 5.74) is -0.875. The van der Waals surface area contributed by atoms with Gasteiger partial charge in [-0.2, -0.15) is 13.2 Å². The van der Waals surface area contributed by atoms with Crippen molar-refractivity contribution in [2.45, 2.75) is 25.4 Å². The van der Waals surface area contributed by atoms with Crippen LogP contribution in [-0.2, 0) is 6.18 Å². The van der Waals surface area contributed by atoms with Gasteiger partial charge < -0.3 is 4.90 Å². The van der Waals surface area contributed by atoms with E-state index >= 15 is 0 Å². The van der Waals surface area contributed by atoms with Crippen LogP contribution in [0.3, 0.4) is 0 Å². The van der Waals surface area contributed by atoms with E-state index in [1.165, 1.54) is 6.20 Å². The Bertz CT molecular complexity index is 423. The quantitative estimate of drug-likeness (QED) is 0.790. The normalized spacial score (nSPS) is 20.6. The number of hydrogen-bond acceptors (Lipinski definition) is 3. The van der Waals surface area contributed by atoms with Crippen LogP contribution in [0.4, 0.5) is 19.1 Å². The zero-order valence-electron chi connectivity index (χ0n) is 10.3. The van der Waals surface area contributed by atoms with Gasteiger partial charge in [0.15, 0.2) is 0 Å². The Morgan fingerprint density at radius 1 is 1.42 bits per heavy atom. The van der Waals surface area contributed by atoms with Gasteiger partial charge in [-0.3, -0.25) is 0 Å². The number of nitrogens with zero attached hydrogens (tertiary/aromatic N) is 3. The monoisotopic (exact) mass is 337 g/mol. The molecule has 1 fully saturated rings. The minimum atomic E-state index is -4.41. The molecular formula is C12H15BrF3N3. The first-order chi connectivity index (χ1) is 9.00. The van der Waals surface area contributed by atoms with Crippen LogP contribution in [-0.4, -0.2) is 28.4 Å². The van der Waals surface area contributed by atoms with Crippen molar-refractivity contribution in [1.82, 2.24) is 9.97 Å². The maximum absolute atomic E-state index is 12.6. The number of anilines is 1. The van der Waals surface area contributed by atoms with E-state index in [4.69, 9.17) is 0 Å². The van der Waals surface area contributed by atoms with Gasteiger partial charge in [0.1, 0.15) is 5.69 Å². The molecule has 1 aliphatic rings. The Labute approximate surface area is 118 Å². The molecule has 2 rings (SSSR count). The largest absolute Gasteiger partial charge is 0.433 e. The first-order valence-electron chi connectivity index (χ1n) is 6.22. The summed E-state index contributed by atoms with van der Waals surface area (Å²) in [6.07, 6.45) is -0.129. The van der Waals surface area contributed by atoms with Crippen LogP contribution in [0.25, 0.3) is 0 Å². The van der Waals surface area contributed by atoms with Gasteiger partial charge in [-0.1, -0.05) is 15.9 Å². The van der Waals surface area contributed by atoms with Crippen LogP contribution in [0, 0.1) is 5.92 Å². The zero-order chi connectivity index (χ0) is 13.9. The SMILES string of the molecule is FC(F)(F)c1ccnc(N2CCCC(CCBr)C2)n1. The van der Waals surface area contributed by atoms with E-state index in [2.05, 4.69) is 25.9 Å². The summed E-state index contributed by atoms with van der Waals surface area (Å²) in [4.78, 5) is 9.47. The van der Waals surface area contributed by atoms with Crippen molar-refractivity contribution in [1.29, 1.82) is 0 Å². The molecule has 106 valence electrons. The fourth-order valence-corrected chi connectivity index (χ4v) is 2.94. The average molecular weight is 338 g/mol. The summed E-state index contributed by atoms with van der Waals surface area (Å²) in [6, 6.07) is 0.906. The van der Waals surface area contributed by atoms with Crippen LogP contribution in [0.15, 0.2) is 12.3 Å². The zero-order valence-corrected chi connectivity index (χ0v) is 11.9. The van der Waals surface area contributed by atoms with Crippen LogP contribution in [0.2, 0.25) is 0 Å². The number of alkyl halides is 4. The number of halogens is 4. The van der Waals surface area contributed by atoms with E-state index in [0.29, 0.717) is 5.92 Å². The highest BCUT2D eigenvalue weighted by Gasteiger charge is 2.33. The van der Waals surface area contributed by atoms with E-state index in [1.54, 1.807) is 0 Å². The van der Waals surface area contributed by atoms with Crippen molar-refractivity contribution >= 4 is 21.9 Å². The number of hydrogen-bond donors (Lipinski definition) is 0. The van der Waals surface area contributed by atoms with Crippen LogP contribution >= 0.6 is 15.9 Å². The fourth-order valence-electron chi connectivity index (χ4n) is 2.30.